The third-order valence-electron chi connectivity index (χ3n) is 2.29. The van der Waals surface area contributed by atoms with Crippen molar-refractivity contribution in [1.82, 2.24) is 9.88 Å². The highest BCUT2D eigenvalue weighted by Gasteiger charge is 2.45. The Labute approximate surface area is 106 Å². The molecule has 0 saturated carbocycles. The van der Waals surface area contributed by atoms with Crippen LogP contribution in [-0.2, 0) is 11.3 Å². The zero-order valence-electron chi connectivity index (χ0n) is 9.86. The van der Waals surface area contributed by atoms with Crippen LogP contribution < -0.4 is 0 Å². The number of nitrogens with zero attached hydrogens (tertiary/aromatic N) is 2. The van der Waals surface area contributed by atoms with Crippen LogP contribution in [0.15, 0.2) is 5.38 Å². The summed E-state index contributed by atoms with van der Waals surface area (Å²) in [5, 5.41) is 11.1. The van der Waals surface area contributed by atoms with Crippen molar-refractivity contribution in [1.29, 1.82) is 0 Å². The van der Waals surface area contributed by atoms with Gasteiger partial charge in [-0.05, 0) is 14.0 Å². The zero-order chi connectivity index (χ0) is 13.9. The number of aliphatic carboxylic acids is 1. The molecule has 0 fully saturated rings. The molecule has 0 spiro atoms. The van der Waals surface area contributed by atoms with E-state index in [4.69, 9.17) is 5.11 Å². The van der Waals surface area contributed by atoms with Crippen molar-refractivity contribution < 1.29 is 23.1 Å². The molecule has 0 aliphatic heterocycles. The minimum atomic E-state index is -4.74. The minimum Gasteiger partial charge on any atom is -0.481 e. The van der Waals surface area contributed by atoms with Crippen molar-refractivity contribution in [2.75, 3.05) is 13.6 Å². The van der Waals surface area contributed by atoms with Gasteiger partial charge in [-0.1, -0.05) is 0 Å². The third-order valence-corrected chi connectivity index (χ3v) is 3.11. The number of halogens is 3. The number of aromatic nitrogens is 1. The Bertz CT molecular complexity index is 420. The minimum absolute atomic E-state index is 0.199. The molecule has 1 atom stereocenters. The molecule has 4 nitrogen and oxygen atoms in total. The first-order chi connectivity index (χ1) is 8.20. The summed E-state index contributed by atoms with van der Waals surface area (Å²) in [6.45, 7) is 1.41. The second-order valence-electron chi connectivity index (χ2n) is 3.99. The monoisotopic (exact) mass is 282 g/mol. The first-order valence-corrected chi connectivity index (χ1v) is 5.97. The van der Waals surface area contributed by atoms with E-state index in [2.05, 4.69) is 4.98 Å². The SMILES string of the molecule is Cc1nc(CN(C)CC(C(=O)O)C(F)(F)F)cs1. The number of alkyl halides is 3. The molecule has 102 valence electrons. The molecule has 8 heteroatoms. The van der Waals surface area contributed by atoms with E-state index in [0.29, 0.717) is 5.69 Å². The second-order valence-corrected chi connectivity index (χ2v) is 5.05. The lowest BCUT2D eigenvalue weighted by Gasteiger charge is -2.22. The lowest BCUT2D eigenvalue weighted by molar-refractivity contribution is -0.196. The Morgan fingerprint density at radius 3 is 2.61 bits per heavy atom. The summed E-state index contributed by atoms with van der Waals surface area (Å²) in [6.07, 6.45) is -4.74. The number of thiazole rings is 1. The quantitative estimate of drug-likeness (QED) is 0.899. The van der Waals surface area contributed by atoms with Gasteiger partial charge in [0.2, 0.25) is 0 Å². The molecule has 0 amide bonds. The van der Waals surface area contributed by atoms with Crippen molar-refractivity contribution in [3.8, 4) is 0 Å². The molecule has 1 unspecified atom stereocenters. The van der Waals surface area contributed by atoms with Crippen LogP contribution in [0.3, 0.4) is 0 Å². The van der Waals surface area contributed by atoms with Crippen molar-refractivity contribution in [3.05, 3.63) is 16.1 Å². The van der Waals surface area contributed by atoms with Gasteiger partial charge in [-0.2, -0.15) is 13.2 Å². The van der Waals surface area contributed by atoms with E-state index in [-0.39, 0.29) is 6.54 Å². The highest BCUT2D eigenvalue weighted by Crippen LogP contribution is 2.27. The first-order valence-electron chi connectivity index (χ1n) is 5.09. The molecule has 1 N–H and O–H groups in total. The number of carboxylic acids is 1. The van der Waals surface area contributed by atoms with Gasteiger partial charge in [0.15, 0.2) is 5.92 Å². The third kappa shape index (κ3) is 4.26. The fourth-order valence-corrected chi connectivity index (χ4v) is 2.06. The zero-order valence-corrected chi connectivity index (χ0v) is 10.7. The maximum Gasteiger partial charge on any atom is 0.403 e. The maximum atomic E-state index is 12.5. The van der Waals surface area contributed by atoms with Crippen molar-refractivity contribution >= 4 is 17.3 Å². The molecule has 0 bridgehead atoms. The molecule has 1 heterocycles. The van der Waals surface area contributed by atoms with Gasteiger partial charge in [-0.3, -0.25) is 9.69 Å². The summed E-state index contributed by atoms with van der Waals surface area (Å²) < 4.78 is 37.4. The van der Waals surface area contributed by atoms with E-state index >= 15 is 0 Å². The molecule has 0 aliphatic carbocycles. The predicted octanol–water partition coefficient (Wildman–Crippen LogP) is 2.15. The van der Waals surface area contributed by atoms with Gasteiger partial charge >= 0.3 is 12.1 Å². The van der Waals surface area contributed by atoms with Crippen LogP contribution >= 0.6 is 11.3 Å². The van der Waals surface area contributed by atoms with Gasteiger partial charge in [0.05, 0.1) is 10.7 Å². The molecule has 1 rings (SSSR count). The average molecular weight is 282 g/mol. The molecule has 18 heavy (non-hydrogen) atoms. The fraction of sp³-hybridized carbons (Fsp3) is 0.600. The van der Waals surface area contributed by atoms with Crippen molar-refractivity contribution in [2.24, 2.45) is 5.92 Å². The molecule has 0 aliphatic rings. The van der Waals surface area contributed by atoms with Gasteiger partial charge in [-0.25, -0.2) is 4.98 Å². The van der Waals surface area contributed by atoms with Crippen LogP contribution in [0.2, 0.25) is 0 Å². The number of carboxylic acid groups (broad SMARTS) is 1. The predicted molar refractivity (Wildman–Crippen MR) is 60.4 cm³/mol. The van der Waals surface area contributed by atoms with Crippen LogP contribution in [0.4, 0.5) is 13.2 Å². The van der Waals surface area contributed by atoms with Crippen molar-refractivity contribution in [2.45, 2.75) is 19.6 Å². The van der Waals surface area contributed by atoms with E-state index in [1.807, 2.05) is 0 Å². The maximum absolute atomic E-state index is 12.5. The molecule has 0 aromatic carbocycles. The van der Waals surface area contributed by atoms with Gasteiger partial charge in [0, 0.05) is 18.5 Å². The van der Waals surface area contributed by atoms with E-state index < -0.39 is 24.6 Å². The lowest BCUT2D eigenvalue weighted by atomic mass is 10.1. The van der Waals surface area contributed by atoms with Crippen LogP contribution in [0.5, 0.6) is 0 Å². The summed E-state index contributed by atoms with van der Waals surface area (Å²) in [7, 11) is 1.44. The highest BCUT2D eigenvalue weighted by atomic mass is 32.1. The normalized spacial score (nSPS) is 13.9. The molecular weight excluding hydrogens is 269 g/mol. The number of carbonyl (C=O) groups is 1. The summed E-state index contributed by atoms with van der Waals surface area (Å²) >= 11 is 1.40. The molecule has 1 aromatic heterocycles. The summed E-state index contributed by atoms with van der Waals surface area (Å²) in [5.74, 6) is -4.23. The van der Waals surface area contributed by atoms with E-state index in [9.17, 15) is 18.0 Å². The Morgan fingerprint density at radius 2 is 2.22 bits per heavy atom. The highest BCUT2D eigenvalue weighted by molar-refractivity contribution is 7.09. The molecule has 0 saturated heterocycles. The molecule has 0 radical (unpaired) electrons. The van der Waals surface area contributed by atoms with Gasteiger partial charge < -0.3 is 5.11 Å². The standard InChI is InChI=1S/C10H13F3N2O2S/c1-6-14-7(5-18-6)3-15(2)4-8(9(16)17)10(11,12)13/h5,8H,3-4H2,1-2H3,(H,16,17). The van der Waals surface area contributed by atoms with Crippen LogP contribution in [0, 0.1) is 12.8 Å². The van der Waals surface area contributed by atoms with E-state index in [0.717, 1.165) is 5.01 Å². The largest absolute Gasteiger partial charge is 0.481 e. The average Bonchev–Trinajstić information content (AvgIpc) is 2.58. The van der Waals surface area contributed by atoms with Gasteiger partial charge in [-0.15, -0.1) is 11.3 Å². The first kappa shape index (κ1) is 14.9. The fourth-order valence-electron chi connectivity index (χ4n) is 1.46. The summed E-state index contributed by atoms with van der Waals surface area (Å²) in [6, 6.07) is 0. The lowest BCUT2D eigenvalue weighted by Crippen LogP contribution is -2.39. The Kier molecular flexibility index (Phi) is 4.69. The number of aryl methyl sites for hydroxylation is 1. The molecule has 1 aromatic rings. The Balaban J connectivity index is 2.62. The van der Waals surface area contributed by atoms with Crippen LogP contribution in [-0.4, -0.2) is 40.7 Å². The van der Waals surface area contributed by atoms with Crippen molar-refractivity contribution in [3.63, 3.8) is 0 Å². The molecular formula is C10H13F3N2O2S. The van der Waals surface area contributed by atoms with Crippen LogP contribution in [0.1, 0.15) is 10.7 Å². The van der Waals surface area contributed by atoms with E-state index in [1.165, 1.54) is 23.3 Å². The second kappa shape index (κ2) is 5.66. The van der Waals surface area contributed by atoms with Crippen LogP contribution in [0.25, 0.3) is 0 Å². The Morgan fingerprint density at radius 1 is 1.61 bits per heavy atom. The summed E-state index contributed by atoms with van der Waals surface area (Å²) in [4.78, 5) is 16.0. The smallest absolute Gasteiger partial charge is 0.403 e. The van der Waals surface area contributed by atoms with Gasteiger partial charge in [0.25, 0.3) is 0 Å². The number of hydrogen-bond donors (Lipinski definition) is 1. The Hall–Kier alpha value is -1.15. The topological polar surface area (TPSA) is 53.4 Å². The number of rotatable bonds is 5. The number of hydrogen-bond acceptors (Lipinski definition) is 4. The van der Waals surface area contributed by atoms with E-state index in [1.54, 1.807) is 12.3 Å². The van der Waals surface area contributed by atoms with Gasteiger partial charge in [0.1, 0.15) is 0 Å². The summed E-state index contributed by atoms with van der Waals surface area (Å²) in [5.41, 5.74) is 0.645.